The van der Waals surface area contributed by atoms with Crippen LogP contribution in [0.4, 0.5) is 5.69 Å². The molecule has 2 aliphatic heterocycles. The van der Waals surface area contributed by atoms with Gasteiger partial charge in [0.15, 0.2) is 0 Å². The third kappa shape index (κ3) is 6.08. The van der Waals surface area contributed by atoms with Crippen LogP contribution >= 0.6 is 0 Å². The molecule has 2 aromatic carbocycles. The number of benzene rings is 2. The Hall–Kier alpha value is -4.54. The van der Waals surface area contributed by atoms with Crippen LogP contribution in [0.25, 0.3) is 27.7 Å². The topological polar surface area (TPSA) is 117 Å². The second kappa shape index (κ2) is 12.1. The molecular formula is C35H41N7O3. The average Bonchev–Trinajstić information content (AvgIpc) is 3.03. The lowest BCUT2D eigenvalue weighted by Crippen LogP contribution is -2.37. The van der Waals surface area contributed by atoms with Crippen molar-refractivity contribution >= 4 is 16.5 Å². The van der Waals surface area contributed by atoms with E-state index in [9.17, 15) is 14.7 Å². The van der Waals surface area contributed by atoms with E-state index in [0.717, 1.165) is 36.9 Å². The summed E-state index contributed by atoms with van der Waals surface area (Å²) in [5.41, 5.74) is 4.16. The van der Waals surface area contributed by atoms with Gasteiger partial charge in [0.1, 0.15) is 11.9 Å². The van der Waals surface area contributed by atoms with Crippen LogP contribution < -0.4 is 21.8 Å². The third-order valence-electron chi connectivity index (χ3n) is 8.94. The Labute approximate surface area is 262 Å². The molecule has 4 aromatic rings. The normalized spacial score (nSPS) is 17.7. The highest BCUT2D eigenvalue weighted by atomic mass is 16.3. The van der Waals surface area contributed by atoms with Gasteiger partial charge in [0.25, 0.3) is 11.1 Å². The molecule has 6 rings (SSSR count). The number of hydrogen-bond acceptors (Lipinski definition) is 8. The maximum atomic E-state index is 13.6. The molecule has 1 unspecified atom stereocenters. The monoisotopic (exact) mass is 607 g/mol. The number of aromatic nitrogens is 4. The zero-order valence-corrected chi connectivity index (χ0v) is 26.5. The fraction of sp³-hybridized carbons (Fsp3) is 0.371. The van der Waals surface area contributed by atoms with Crippen LogP contribution in [-0.2, 0) is 19.1 Å². The van der Waals surface area contributed by atoms with Crippen molar-refractivity contribution in [1.82, 2.24) is 29.8 Å². The number of nitrogens with one attached hydrogen (secondary N) is 2. The number of aryl methyl sites for hydroxylation is 1. The summed E-state index contributed by atoms with van der Waals surface area (Å²) in [5, 5.41) is 27.6. The van der Waals surface area contributed by atoms with Crippen molar-refractivity contribution in [2.75, 3.05) is 25.5 Å². The van der Waals surface area contributed by atoms with Gasteiger partial charge in [0, 0.05) is 29.8 Å². The molecule has 4 heterocycles. The van der Waals surface area contributed by atoms with Gasteiger partial charge in [-0.25, -0.2) is 4.68 Å². The van der Waals surface area contributed by atoms with Crippen LogP contribution in [0.1, 0.15) is 44.7 Å². The highest BCUT2D eigenvalue weighted by molar-refractivity contribution is 5.82. The first kappa shape index (κ1) is 30.5. The number of fused-ring (bicyclic) bond motifs is 1. The lowest BCUT2D eigenvalue weighted by molar-refractivity contribution is 0.239. The smallest absolute Gasteiger partial charge is 0.289 e. The third-order valence-corrected chi connectivity index (χ3v) is 8.94. The van der Waals surface area contributed by atoms with E-state index in [1.165, 1.54) is 14.9 Å². The Kier molecular flexibility index (Phi) is 8.20. The van der Waals surface area contributed by atoms with Crippen LogP contribution in [0.5, 0.6) is 0 Å². The number of likely N-dealkylation sites (tertiary alicyclic amines) is 1. The SMILES string of the molecule is CN1CCC(C2=CNC(Nc3cc(-c4cccc(-n5ncc6cc(C(C)(C)C)ccc6c5=O)c4CO)nn(C)c3=O)C=C2)CC1. The number of aliphatic hydroxyl groups excluding tert-OH is 1. The van der Waals surface area contributed by atoms with Gasteiger partial charge in [0.2, 0.25) is 0 Å². The number of rotatable bonds is 6. The second-order valence-electron chi connectivity index (χ2n) is 13.1. The Bertz CT molecular complexity index is 1920. The van der Waals surface area contributed by atoms with Gasteiger partial charge in [-0.15, -0.1) is 0 Å². The van der Waals surface area contributed by atoms with E-state index in [0.29, 0.717) is 39.5 Å². The summed E-state index contributed by atoms with van der Waals surface area (Å²) in [5.74, 6) is 0.529. The Balaban J connectivity index is 1.31. The van der Waals surface area contributed by atoms with Crippen molar-refractivity contribution in [3.8, 4) is 16.9 Å². The van der Waals surface area contributed by atoms with Gasteiger partial charge < -0.3 is 20.6 Å². The Morgan fingerprint density at radius 2 is 1.82 bits per heavy atom. The van der Waals surface area contributed by atoms with Gasteiger partial charge in [-0.2, -0.15) is 14.9 Å². The Morgan fingerprint density at radius 1 is 1.04 bits per heavy atom. The zero-order chi connectivity index (χ0) is 31.9. The maximum absolute atomic E-state index is 13.6. The average molecular weight is 608 g/mol. The van der Waals surface area contributed by atoms with E-state index in [1.807, 2.05) is 36.5 Å². The van der Waals surface area contributed by atoms with E-state index in [2.05, 4.69) is 59.6 Å². The van der Waals surface area contributed by atoms with Crippen molar-refractivity contribution in [1.29, 1.82) is 0 Å². The minimum Gasteiger partial charge on any atom is -0.392 e. The standard InChI is InChI=1S/C35H41N7O3/c1-35(2,3)25-10-11-26-24(17-25)20-37-42(33(26)44)31-8-6-7-27(28(31)21-43)29-18-30(34(45)41(5)39-29)38-32-12-9-23(19-36-32)22-13-15-40(4)16-14-22/h6-12,17-20,22,32,36,38,43H,13-16,21H2,1-5H3. The van der Waals surface area contributed by atoms with Crippen molar-refractivity contribution in [2.24, 2.45) is 13.0 Å². The molecule has 0 aliphatic carbocycles. The first-order valence-electron chi connectivity index (χ1n) is 15.5. The van der Waals surface area contributed by atoms with E-state index in [1.54, 1.807) is 31.4 Å². The van der Waals surface area contributed by atoms with Crippen LogP contribution in [0.3, 0.4) is 0 Å². The summed E-state index contributed by atoms with van der Waals surface area (Å²) in [6.45, 7) is 8.21. The van der Waals surface area contributed by atoms with Gasteiger partial charge in [-0.1, -0.05) is 45.0 Å². The quantitative estimate of drug-likeness (QED) is 0.301. The molecule has 1 atom stereocenters. The number of anilines is 1. The minimum atomic E-state index is -0.356. The summed E-state index contributed by atoms with van der Waals surface area (Å²) < 4.78 is 2.60. The molecule has 2 aliphatic rings. The predicted octanol–water partition coefficient (Wildman–Crippen LogP) is 4.06. The summed E-state index contributed by atoms with van der Waals surface area (Å²) >= 11 is 0. The zero-order valence-electron chi connectivity index (χ0n) is 26.5. The summed E-state index contributed by atoms with van der Waals surface area (Å²) in [7, 11) is 3.76. The second-order valence-corrected chi connectivity index (χ2v) is 13.1. The van der Waals surface area contributed by atoms with Crippen molar-refractivity contribution in [3.63, 3.8) is 0 Å². The summed E-state index contributed by atoms with van der Waals surface area (Å²) in [4.78, 5) is 29.1. The predicted molar refractivity (Wildman–Crippen MR) is 178 cm³/mol. The van der Waals surface area contributed by atoms with Gasteiger partial charge in [-0.3, -0.25) is 9.59 Å². The van der Waals surface area contributed by atoms with E-state index in [4.69, 9.17) is 0 Å². The van der Waals surface area contributed by atoms with Crippen LogP contribution in [0.2, 0.25) is 0 Å². The molecule has 0 saturated carbocycles. The molecule has 2 aromatic heterocycles. The number of allylic oxidation sites excluding steroid dienone is 2. The minimum absolute atomic E-state index is 0.0621. The number of aliphatic hydroxyl groups is 1. The van der Waals surface area contributed by atoms with Gasteiger partial charge in [0.05, 0.1) is 29.6 Å². The Morgan fingerprint density at radius 3 is 2.51 bits per heavy atom. The number of dihydropyridines is 1. The lowest BCUT2D eigenvalue weighted by atomic mass is 9.86. The first-order valence-corrected chi connectivity index (χ1v) is 15.5. The highest BCUT2D eigenvalue weighted by Crippen LogP contribution is 2.30. The van der Waals surface area contributed by atoms with Crippen LogP contribution in [0.15, 0.2) is 82.2 Å². The molecular weight excluding hydrogens is 566 g/mol. The van der Waals surface area contributed by atoms with E-state index >= 15 is 0 Å². The number of piperidine rings is 1. The molecule has 10 nitrogen and oxygen atoms in total. The lowest BCUT2D eigenvalue weighted by Gasteiger charge is -2.31. The summed E-state index contributed by atoms with van der Waals surface area (Å²) in [6, 6.07) is 12.9. The molecule has 0 spiro atoms. The number of nitrogens with zero attached hydrogens (tertiary/aromatic N) is 5. The molecule has 0 amide bonds. The molecule has 10 heteroatoms. The van der Waals surface area contributed by atoms with Crippen LogP contribution in [0, 0.1) is 5.92 Å². The van der Waals surface area contributed by atoms with Gasteiger partial charge >= 0.3 is 0 Å². The van der Waals surface area contributed by atoms with E-state index < -0.39 is 0 Å². The van der Waals surface area contributed by atoms with Crippen molar-refractivity contribution in [3.05, 3.63) is 104 Å². The largest absolute Gasteiger partial charge is 0.392 e. The van der Waals surface area contributed by atoms with Crippen molar-refractivity contribution < 1.29 is 5.11 Å². The molecule has 3 N–H and O–H groups in total. The van der Waals surface area contributed by atoms with Gasteiger partial charge in [-0.05, 0) is 85.8 Å². The number of hydrogen-bond donors (Lipinski definition) is 3. The van der Waals surface area contributed by atoms with Crippen LogP contribution in [-0.4, -0.2) is 55.9 Å². The van der Waals surface area contributed by atoms with Crippen molar-refractivity contribution in [2.45, 2.75) is 51.8 Å². The molecule has 1 fully saturated rings. The van der Waals surface area contributed by atoms with E-state index in [-0.39, 0.29) is 29.3 Å². The first-order chi connectivity index (χ1) is 21.5. The summed E-state index contributed by atoms with van der Waals surface area (Å²) in [6.07, 6.45) is 9.90. The molecule has 0 radical (unpaired) electrons. The fourth-order valence-corrected chi connectivity index (χ4v) is 6.16. The molecule has 45 heavy (non-hydrogen) atoms. The molecule has 1 saturated heterocycles. The highest BCUT2D eigenvalue weighted by Gasteiger charge is 2.22. The molecule has 234 valence electrons. The maximum Gasteiger partial charge on any atom is 0.289 e. The fourth-order valence-electron chi connectivity index (χ4n) is 6.16. The molecule has 0 bridgehead atoms.